The van der Waals surface area contributed by atoms with Crippen molar-refractivity contribution in [2.24, 2.45) is 0 Å². The molecule has 1 N–H and O–H groups in total. The van der Waals surface area contributed by atoms with Gasteiger partial charge < -0.3 is 22.9 Å². The molecule has 1 saturated heterocycles. The van der Waals surface area contributed by atoms with E-state index in [-0.39, 0.29) is 5.04 Å². The second kappa shape index (κ2) is 11.4. The lowest BCUT2D eigenvalue weighted by atomic mass is 10.1. The van der Waals surface area contributed by atoms with Crippen LogP contribution in [0.3, 0.4) is 0 Å². The topological polar surface area (TPSA) is 101 Å². The molecule has 2 rings (SSSR count). The van der Waals surface area contributed by atoms with E-state index in [1.165, 1.54) is 16.8 Å². The van der Waals surface area contributed by atoms with Gasteiger partial charge in [0.1, 0.15) is 18.3 Å². The Kier molecular flexibility index (Phi) is 9.86. The molecule has 1 aromatic heterocycles. The third-order valence-electron chi connectivity index (χ3n) is 6.30. The summed E-state index contributed by atoms with van der Waals surface area (Å²) in [6.07, 6.45) is 0.777. The molecule has 194 valence electrons. The SMILES string of the molecule is CCOP(=S)(OCC)/C(C)=C/[C@H]1O[C@@H](n2ccc(=O)[nH]c2=O)C(OC)C1O[Si](C)(C)C(C)(C)C. The summed E-state index contributed by atoms with van der Waals surface area (Å²) in [5, 5.41) is 0.691. The third kappa shape index (κ3) is 6.44. The molecule has 1 fully saturated rings. The maximum Gasteiger partial charge on any atom is 0.330 e. The van der Waals surface area contributed by atoms with Crippen molar-refractivity contribution in [1.29, 1.82) is 0 Å². The monoisotopic (exact) mass is 534 g/mol. The molecule has 0 saturated carbocycles. The number of methoxy groups -OCH3 is 1. The van der Waals surface area contributed by atoms with E-state index in [9.17, 15) is 9.59 Å². The highest BCUT2D eigenvalue weighted by atomic mass is 32.5. The van der Waals surface area contributed by atoms with Gasteiger partial charge in [-0.15, -0.1) is 0 Å². The van der Waals surface area contributed by atoms with Crippen LogP contribution in [0.5, 0.6) is 0 Å². The fraction of sp³-hybridized carbons (Fsp3) is 0.727. The Morgan fingerprint density at radius 3 is 2.29 bits per heavy atom. The summed E-state index contributed by atoms with van der Waals surface area (Å²) < 4.78 is 32.0. The van der Waals surface area contributed by atoms with Crippen molar-refractivity contribution in [2.45, 2.75) is 84.2 Å². The molecule has 1 aliphatic rings. The first-order valence-electron chi connectivity index (χ1n) is 11.5. The Labute approximate surface area is 208 Å². The van der Waals surface area contributed by atoms with Gasteiger partial charge in [-0.2, -0.15) is 0 Å². The molecule has 0 radical (unpaired) electrons. The highest BCUT2D eigenvalue weighted by molar-refractivity contribution is 8.11. The molecule has 0 bridgehead atoms. The van der Waals surface area contributed by atoms with E-state index >= 15 is 0 Å². The molecule has 1 aromatic rings. The molecule has 12 heteroatoms. The lowest BCUT2D eigenvalue weighted by molar-refractivity contribution is -0.0483. The van der Waals surface area contributed by atoms with Gasteiger partial charge in [-0.25, -0.2) is 4.79 Å². The van der Waals surface area contributed by atoms with Gasteiger partial charge in [0.05, 0.1) is 13.2 Å². The van der Waals surface area contributed by atoms with Gasteiger partial charge >= 0.3 is 5.69 Å². The largest absolute Gasteiger partial charge is 0.408 e. The van der Waals surface area contributed by atoms with Crippen LogP contribution in [0.1, 0.15) is 47.8 Å². The van der Waals surface area contributed by atoms with Crippen molar-refractivity contribution in [3.05, 3.63) is 44.5 Å². The molecular weight excluding hydrogens is 495 g/mol. The maximum atomic E-state index is 12.6. The van der Waals surface area contributed by atoms with Crippen LogP contribution in [0.2, 0.25) is 18.1 Å². The maximum absolute atomic E-state index is 12.6. The minimum Gasteiger partial charge on any atom is -0.408 e. The second-order valence-electron chi connectivity index (χ2n) is 9.69. The van der Waals surface area contributed by atoms with E-state index in [1.807, 2.05) is 26.8 Å². The fourth-order valence-electron chi connectivity index (χ4n) is 3.46. The molecule has 34 heavy (non-hydrogen) atoms. The summed E-state index contributed by atoms with van der Waals surface area (Å²) in [5.74, 6) is 0. The predicted molar refractivity (Wildman–Crippen MR) is 139 cm³/mol. The molecule has 2 heterocycles. The molecule has 0 spiro atoms. The van der Waals surface area contributed by atoms with Gasteiger partial charge in [-0.1, -0.05) is 20.8 Å². The number of nitrogens with zero attached hydrogens (tertiary/aromatic N) is 1. The van der Waals surface area contributed by atoms with Crippen molar-refractivity contribution in [2.75, 3.05) is 20.3 Å². The van der Waals surface area contributed by atoms with Crippen molar-refractivity contribution in [1.82, 2.24) is 9.55 Å². The molecule has 0 aliphatic carbocycles. The quantitative estimate of drug-likeness (QED) is 0.353. The summed E-state index contributed by atoms with van der Waals surface area (Å²) in [6, 6.07) is 1.28. The summed E-state index contributed by atoms with van der Waals surface area (Å²) >= 11 is 5.77. The third-order valence-corrected chi connectivity index (χ3v) is 14.5. The zero-order chi connectivity index (χ0) is 25.9. The van der Waals surface area contributed by atoms with Gasteiger partial charge in [0.2, 0.25) is 6.49 Å². The molecule has 1 aliphatic heterocycles. The van der Waals surface area contributed by atoms with E-state index in [2.05, 4.69) is 38.8 Å². The normalized spacial score (nSPS) is 24.6. The smallest absolute Gasteiger partial charge is 0.330 e. The summed E-state index contributed by atoms with van der Waals surface area (Å²) in [7, 11) is -0.705. The number of hydrogen-bond donors (Lipinski definition) is 1. The molecule has 2 unspecified atom stereocenters. The summed E-state index contributed by atoms with van der Waals surface area (Å²) in [6.45, 7) is 14.5. The Balaban J connectivity index is 2.58. The second-order valence-corrected chi connectivity index (χ2v) is 18.1. The lowest BCUT2D eigenvalue weighted by Crippen LogP contribution is -2.49. The lowest BCUT2D eigenvalue weighted by Gasteiger charge is -2.40. The number of nitrogens with one attached hydrogen (secondary N) is 1. The predicted octanol–water partition coefficient (Wildman–Crippen LogP) is 4.13. The Hall–Kier alpha value is -0.913. The highest BCUT2D eigenvalue weighted by Gasteiger charge is 2.51. The van der Waals surface area contributed by atoms with Gasteiger partial charge in [0.15, 0.2) is 14.5 Å². The minimum absolute atomic E-state index is 0.0626. The van der Waals surface area contributed by atoms with E-state index in [1.54, 1.807) is 7.11 Å². The Bertz CT molecular complexity index is 1020. The van der Waals surface area contributed by atoms with Crippen LogP contribution in [-0.4, -0.2) is 56.5 Å². The van der Waals surface area contributed by atoms with Crippen molar-refractivity contribution in [3.63, 3.8) is 0 Å². The Morgan fingerprint density at radius 2 is 1.82 bits per heavy atom. The van der Waals surface area contributed by atoms with Crippen LogP contribution in [0.25, 0.3) is 0 Å². The van der Waals surface area contributed by atoms with E-state index < -0.39 is 50.6 Å². The standard InChI is InChI=1S/C22H39N2O7PSSi/c1-10-28-32(33,29-11-2)15(3)14-16-18(31-34(8,9)22(4,5)6)19(27-7)20(30-16)24-13-12-17(25)23-21(24)26/h12-14,16,18-20H,10-11H2,1-9H3,(H,23,25,26)/b15-14+/t16-,18?,19?,20-/m1/s1. The first-order valence-corrected chi connectivity index (χ1v) is 17.0. The van der Waals surface area contributed by atoms with Crippen LogP contribution >= 0.6 is 6.49 Å². The first-order chi connectivity index (χ1) is 15.7. The first kappa shape index (κ1) is 29.3. The van der Waals surface area contributed by atoms with E-state index in [4.69, 9.17) is 34.8 Å². The van der Waals surface area contributed by atoms with Gasteiger partial charge in [0.25, 0.3) is 5.56 Å². The minimum atomic E-state index is -2.70. The number of aromatic nitrogens is 2. The molecule has 4 atom stereocenters. The summed E-state index contributed by atoms with van der Waals surface area (Å²) in [5.41, 5.74) is -1.07. The zero-order valence-corrected chi connectivity index (χ0v) is 24.3. The van der Waals surface area contributed by atoms with E-state index in [0.29, 0.717) is 13.2 Å². The number of ether oxygens (including phenoxy) is 2. The molecule has 9 nitrogen and oxygen atoms in total. The van der Waals surface area contributed by atoms with Crippen LogP contribution in [0.4, 0.5) is 0 Å². The molecule has 0 amide bonds. The highest BCUT2D eigenvalue weighted by Crippen LogP contribution is 2.56. The average molecular weight is 535 g/mol. The van der Waals surface area contributed by atoms with Gasteiger partial charge in [-0.3, -0.25) is 14.3 Å². The zero-order valence-electron chi connectivity index (χ0n) is 21.6. The van der Waals surface area contributed by atoms with Gasteiger partial charge in [-0.05, 0) is 56.8 Å². The number of allylic oxidation sites excluding steroid dienone is 1. The number of H-pyrrole nitrogens is 1. The van der Waals surface area contributed by atoms with Crippen LogP contribution in [0, 0.1) is 0 Å². The van der Waals surface area contributed by atoms with Crippen LogP contribution in [-0.2, 0) is 34.8 Å². The van der Waals surface area contributed by atoms with Crippen molar-refractivity contribution in [3.8, 4) is 0 Å². The average Bonchev–Trinajstić information content (AvgIpc) is 3.03. The molecule has 0 aromatic carbocycles. The number of aromatic amines is 1. The van der Waals surface area contributed by atoms with E-state index in [0.717, 1.165) is 5.31 Å². The van der Waals surface area contributed by atoms with Crippen LogP contribution < -0.4 is 11.2 Å². The fourth-order valence-corrected chi connectivity index (χ4v) is 7.07. The van der Waals surface area contributed by atoms with Crippen molar-refractivity contribution >= 4 is 26.6 Å². The van der Waals surface area contributed by atoms with Crippen LogP contribution in [0.15, 0.2) is 33.2 Å². The number of hydrogen-bond acceptors (Lipinski definition) is 8. The Morgan fingerprint density at radius 1 is 1.24 bits per heavy atom. The van der Waals surface area contributed by atoms with Crippen molar-refractivity contribution < 1.29 is 22.9 Å². The van der Waals surface area contributed by atoms with Gasteiger partial charge in [0, 0.05) is 24.7 Å². The number of rotatable bonds is 10. The summed E-state index contributed by atoms with van der Waals surface area (Å²) in [4.78, 5) is 26.5. The molecular formula is C22H39N2O7PSSi.